The molecule has 0 N–H and O–H groups in total. The Morgan fingerprint density at radius 2 is 2.00 bits per heavy atom. The standard InChI is InChI=1S/C9H16I2S/c10-5-1-2-9-8(3-6-11)4-7-12-9/h8-9H,1-7H2. The Hall–Kier alpha value is 1.81. The highest BCUT2D eigenvalue weighted by molar-refractivity contribution is 14.1. The molecule has 2 unspecified atom stereocenters. The molecular formula is C9H16I2S. The van der Waals surface area contributed by atoms with Crippen LogP contribution in [0, 0.1) is 5.92 Å². The van der Waals surface area contributed by atoms with Crippen molar-refractivity contribution in [3.05, 3.63) is 0 Å². The highest BCUT2D eigenvalue weighted by atomic mass is 127. The summed E-state index contributed by atoms with van der Waals surface area (Å²) in [5.74, 6) is 2.47. The molecule has 0 aliphatic carbocycles. The van der Waals surface area contributed by atoms with E-state index in [4.69, 9.17) is 0 Å². The topological polar surface area (TPSA) is 0 Å². The van der Waals surface area contributed by atoms with Crippen molar-refractivity contribution < 1.29 is 0 Å². The van der Waals surface area contributed by atoms with Crippen LogP contribution in [0.1, 0.15) is 25.7 Å². The second-order valence-electron chi connectivity index (χ2n) is 3.27. The second-order valence-corrected chi connectivity index (χ2v) is 6.77. The summed E-state index contributed by atoms with van der Waals surface area (Å²) in [7, 11) is 0. The quantitative estimate of drug-likeness (QED) is 0.485. The number of hydrogen-bond acceptors (Lipinski definition) is 1. The van der Waals surface area contributed by atoms with Crippen LogP contribution in [0.3, 0.4) is 0 Å². The molecule has 1 aliphatic heterocycles. The molecule has 1 aliphatic rings. The molecule has 0 spiro atoms. The minimum absolute atomic E-state index is 1.01. The Morgan fingerprint density at radius 3 is 2.67 bits per heavy atom. The molecule has 3 heteroatoms. The highest BCUT2D eigenvalue weighted by Gasteiger charge is 2.26. The van der Waals surface area contributed by atoms with Crippen molar-refractivity contribution in [2.24, 2.45) is 5.92 Å². The van der Waals surface area contributed by atoms with Crippen LogP contribution in [0.2, 0.25) is 0 Å². The zero-order valence-electron chi connectivity index (χ0n) is 7.27. The molecule has 0 bridgehead atoms. The number of rotatable bonds is 5. The number of hydrogen-bond donors (Lipinski definition) is 0. The third-order valence-corrected chi connectivity index (χ3v) is 5.35. The maximum atomic E-state index is 2.51. The third-order valence-electron chi connectivity index (χ3n) is 2.45. The molecular weight excluding hydrogens is 394 g/mol. The molecule has 0 nitrogen and oxygen atoms in total. The van der Waals surface area contributed by atoms with Gasteiger partial charge in [-0.15, -0.1) is 0 Å². The molecule has 1 rings (SSSR count). The Morgan fingerprint density at radius 1 is 1.17 bits per heavy atom. The van der Waals surface area contributed by atoms with Gasteiger partial charge in [-0.2, -0.15) is 11.8 Å². The summed E-state index contributed by atoms with van der Waals surface area (Å²) < 4.78 is 2.69. The van der Waals surface area contributed by atoms with Crippen LogP contribution >= 0.6 is 56.9 Å². The van der Waals surface area contributed by atoms with Gasteiger partial charge < -0.3 is 0 Å². The lowest BCUT2D eigenvalue weighted by Crippen LogP contribution is -2.12. The van der Waals surface area contributed by atoms with E-state index in [0.717, 1.165) is 11.2 Å². The lowest BCUT2D eigenvalue weighted by atomic mass is 9.97. The van der Waals surface area contributed by atoms with E-state index in [1.807, 2.05) is 0 Å². The van der Waals surface area contributed by atoms with E-state index in [1.54, 1.807) is 0 Å². The molecule has 2 atom stereocenters. The Labute approximate surface area is 107 Å². The molecule has 1 heterocycles. The van der Waals surface area contributed by atoms with Gasteiger partial charge in [0.1, 0.15) is 0 Å². The Bertz CT molecular complexity index is 119. The fourth-order valence-electron chi connectivity index (χ4n) is 1.76. The van der Waals surface area contributed by atoms with Gasteiger partial charge in [-0.1, -0.05) is 45.2 Å². The van der Waals surface area contributed by atoms with E-state index in [-0.39, 0.29) is 0 Å². The number of alkyl halides is 2. The average Bonchev–Trinajstić information content (AvgIpc) is 2.50. The molecule has 0 aromatic rings. The van der Waals surface area contributed by atoms with Crippen molar-refractivity contribution >= 4 is 56.9 Å². The number of halogens is 2. The first-order valence-electron chi connectivity index (χ1n) is 4.62. The van der Waals surface area contributed by atoms with E-state index in [0.29, 0.717) is 0 Å². The minimum Gasteiger partial charge on any atom is -0.158 e. The molecule has 0 radical (unpaired) electrons. The van der Waals surface area contributed by atoms with Gasteiger partial charge in [0.25, 0.3) is 0 Å². The van der Waals surface area contributed by atoms with Gasteiger partial charge >= 0.3 is 0 Å². The first-order chi connectivity index (χ1) is 5.88. The predicted octanol–water partition coefficient (Wildman–Crippen LogP) is 4.15. The molecule has 12 heavy (non-hydrogen) atoms. The summed E-state index contributed by atoms with van der Waals surface area (Å²) in [4.78, 5) is 0. The predicted molar refractivity (Wildman–Crippen MR) is 76.0 cm³/mol. The third kappa shape index (κ3) is 3.90. The highest BCUT2D eigenvalue weighted by Crippen LogP contribution is 2.37. The zero-order chi connectivity index (χ0) is 8.81. The van der Waals surface area contributed by atoms with E-state index >= 15 is 0 Å². The fourth-order valence-corrected chi connectivity index (χ4v) is 4.62. The molecule has 1 fully saturated rings. The molecule has 0 saturated carbocycles. The smallest absolute Gasteiger partial charge is 0.00761 e. The zero-order valence-corrected chi connectivity index (χ0v) is 12.4. The summed E-state index contributed by atoms with van der Waals surface area (Å²) in [5.41, 5.74) is 0. The molecule has 0 aromatic carbocycles. The lowest BCUT2D eigenvalue weighted by Gasteiger charge is -2.16. The van der Waals surface area contributed by atoms with Crippen molar-refractivity contribution in [2.75, 3.05) is 14.6 Å². The van der Waals surface area contributed by atoms with Gasteiger partial charge in [-0.25, -0.2) is 0 Å². The summed E-state index contributed by atoms with van der Waals surface area (Å²) in [6.45, 7) is 0. The first kappa shape index (κ1) is 11.9. The monoisotopic (exact) mass is 410 g/mol. The Balaban J connectivity index is 2.20. The molecule has 1 saturated heterocycles. The minimum atomic E-state index is 1.01. The van der Waals surface area contributed by atoms with E-state index in [9.17, 15) is 0 Å². The Kier molecular flexibility index (Phi) is 7.08. The molecule has 0 aromatic heterocycles. The number of thioether (sulfide) groups is 1. The van der Waals surface area contributed by atoms with Gasteiger partial charge in [-0.05, 0) is 46.2 Å². The fraction of sp³-hybridized carbons (Fsp3) is 1.00. The van der Waals surface area contributed by atoms with Gasteiger partial charge in [0.15, 0.2) is 0 Å². The SMILES string of the molecule is ICCCC1SCCC1CCI. The van der Waals surface area contributed by atoms with Gasteiger partial charge in [-0.3, -0.25) is 0 Å². The average molecular weight is 410 g/mol. The summed E-state index contributed by atoms with van der Waals surface area (Å²) in [5, 5.41) is 1.01. The van der Waals surface area contributed by atoms with Gasteiger partial charge in [0, 0.05) is 5.25 Å². The van der Waals surface area contributed by atoms with Gasteiger partial charge in [0.2, 0.25) is 0 Å². The van der Waals surface area contributed by atoms with Crippen LogP contribution in [0.4, 0.5) is 0 Å². The van der Waals surface area contributed by atoms with Crippen molar-refractivity contribution in [3.63, 3.8) is 0 Å². The first-order valence-corrected chi connectivity index (χ1v) is 8.72. The lowest BCUT2D eigenvalue weighted by molar-refractivity contribution is 0.483. The van der Waals surface area contributed by atoms with Crippen molar-refractivity contribution in [1.82, 2.24) is 0 Å². The van der Waals surface area contributed by atoms with Crippen molar-refractivity contribution in [2.45, 2.75) is 30.9 Å². The van der Waals surface area contributed by atoms with Crippen LogP contribution < -0.4 is 0 Å². The van der Waals surface area contributed by atoms with Crippen LogP contribution in [-0.2, 0) is 0 Å². The van der Waals surface area contributed by atoms with Crippen molar-refractivity contribution in [1.29, 1.82) is 0 Å². The second kappa shape index (κ2) is 7.15. The van der Waals surface area contributed by atoms with Gasteiger partial charge in [0.05, 0.1) is 0 Å². The van der Waals surface area contributed by atoms with Crippen molar-refractivity contribution in [3.8, 4) is 0 Å². The largest absolute Gasteiger partial charge is 0.158 e. The molecule has 0 amide bonds. The normalized spacial score (nSPS) is 29.5. The van der Waals surface area contributed by atoms with E-state index in [2.05, 4.69) is 56.9 Å². The van der Waals surface area contributed by atoms with Crippen LogP contribution in [0.15, 0.2) is 0 Å². The summed E-state index contributed by atoms with van der Waals surface area (Å²) in [6.07, 6.45) is 5.84. The van der Waals surface area contributed by atoms with Crippen LogP contribution in [0.25, 0.3) is 0 Å². The van der Waals surface area contributed by atoms with E-state index in [1.165, 1.54) is 40.3 Å². The van der Waals surface area contributed by atoms with Crippen LogP contribution in [0.5, 0.6) is 0 Å². The maximum Gasteiger partial charge on any atom is 0.00761 e. The van der Waals surface area contributed by atoms with E-state index < -0.39 is 0 Å². The van der Waals surface area contributed by atoms with Crippen LogP contribution in [-0.4, -0.2) is 19.9 Å². The maximum absolute atomic E-state index is 2.51. The summed E-state index contributed by atoms with van der Waals surface area (Å²) >= 11 is 7.23. The molecule has 72 valence electrons. The summed E-state index contributed by atoms with van der Waals surface area (Å²) in [6, 6.07) is 0.